The molecule has 3 unspecified atom stereocenters. The standard InChI is InChI=1S/C13H28.C12H26.C6H14/c1-8-12(10(2)3)9-11(4)13(5,6)7;1-7-11(8-2)9-10(3)12(4,5)6;1-5-6(2,3)4/h10-12H,8-9H2,1-7H3;10-11H,7-9H2,1-6H3;5H2,1-4H3. The van der Waals surface area contributed by atoms with Crippen molar-refractivity contribution in [3.8, 4) is 0 Å². The largest absolute Gasteiger partial charge is 0.0651 e. The second-order valence-corrected chi connectivity index (χ2v) is 14.0. The van der Waals surface area contributed by atoms with Crippen molar-refractivity contribution in [2.45, 2.75) is 156 Å². The molecule has 0 saturated heterocycles. The first-order chi connectivity index (χ1) is 13.8. The fourth-order valence-electron chi connectivity index (χ4n) is 3.19. The Hall–Kier alpha value is 0. The summed E-state index contributed by atoms with van der Waals surface area (Å²) in [5.41, 5.74) is 1.50. The van der Waals surface area contributed by atoms with Crippen LogP contribution in [0.15, 0.2) is 0 Å². The summed E-state index contributed by atoms with van der Waals surface area (Å²) in [5.74, 6) is 4.38. The highest BCUT2D eigenvalue weighted by Crippen LogP contribution is 2.34. The highest BCUT2D eigenvalue weighted by atomic mass is 14.3. The van der Waals surface area contributed by atoms with E-state index in [-0.39, 0.29) is 0 Å². The van der Waals surface area contributed by atoms with Gasteiger partial charge in [0.15, 0.2) is 0 Å². The molecular weight excluding hydrogens is 372 g/mol. The molecular formula is C31H68. The summed E-state index contributed by atoms with van der Waals surface area (Å²) >= 11 is 0. The first-order valence-electron chi connectivity index (χ1n) is 13.8. The minimum atomic E-state index is 0.475. The Balaban J connectivity index is -0.000000405. The van der Waals surface area contributed by atoms with Gasteiger partial charge in [-0.3, -0.25) is 0 Å². The van der Waals surface area contributed by atoms with E-state index in [9.17, 15) is 0 Å². The number of hydrogen-bond donors (Lipinski definition) is 0. The van der Waals surface area contributed by atoms with Crippen molar-refractivity contribution in [1.82, 2.24) is 0 Å². The van der Waals surface area contributed by atoms with Crippen molar-refractivity contribution in [2.75, 3.05) is 0 Å². The molecule has 0 bridgehead atoms. The quantitative estimate of drug-likeness (QED) is 0.352. The molecule has 0 aliphatic rings. The van der Waals surface area contributed by atoms with Crippen LogP contribution in [0.2, 0.25) is 0 Å². The summed E-state index contributed by atoms with van der Waals surface area (Å²) in [6.07, 6.45) is 8.08. The minimum absolute atomic E-state index is 0.475. The normalized spacial score (nSPS) is 15.6. The summed E-state index contributed by atoms with van der Waals surface area (Å²) in [6.45, 7) is 39.5. The van der Waals surface area contributed by atoms with Gasteiger partial charge in [0, 0.05) is 0 Å². The highest BCUT2D eigenvalue weighted by Gasteiger charge is 2.24. The van der Waals surface area contributed by atoms with Crippen LogP contribution in [0, 0.1) is 45.8 Å². The molecule has 0 rings (SSSR count). The van der Waals surface area contributed by atoms with Gasteiger partial charge in [-0.1, -0.05) is 143 Å². The van der Waals surface area contributed by atoms with Crippen LogP contribution < -0.4 is 0 Å². The molecule has 0 fully saturated rings. The van der Waals surface area contributed by atoms with E-state index in [1.807, 2.05) is 0 Å². The van der Waals surface area contributed by atoms with E-state index in [0.29, 0.717) is 16.2 Å². The van der Waals surface area contributed by atoms with Gasteiger partial charge in [0.2, 0.25) is 0 Å². The molecule has 0 amide bonds. The molecule has 0 nitrogen and oxygen atoms in total. The average Bonchev–Trinajstić information content (AvgIpc) is 2.62. The van der Waals surface area contributed by atoms with Gasteiger partial charge in [-0.15, -0.1) is 0 Å². The van der Waals surface area contributed by atoms with Crippen LogP contribution >= 0.6 is 0 Å². The molecule has 0 aliphatic heterocycles. The van der Waals surface area contributed by atoms with E-state index in [2.05, 4.69) is 118 Å². The van der Waals surface area contributed by atoms with Crippen LogP contribution in [0.1, 0.15) is 156 Å². The van der Waals surface area contributed by atoms with Crippen molar-refractivity contribution < 1.29 is 0 Å². The lowest BCUT2D eigenvalue weighted by Crippen LogP contribution is -2.22. The van der Waals surface area contributed by atoms with Gasteiger partial charge in [-0.05, 0) is 58.7 Å². The van der Waals surface area contributed by atoms with Crippen molar-refractivity contribution in [1.29, 1.82) is 0 Å². The van der Waals surface area contributed by atoms with Gasteiger partial charge >= 0.3 is 0 Å². The molecule has 0 aromatic heterocycles. The summed E-state index contributed by atoms with van der Waals surface area (Å²) in [7, 11) is 0. The van der Waals surface area contributed by atoms with Gasteiger partial charge in [0.1, 0.15) is 0 Å². The van der Waals surface area contributed by atoms with Crippen LogP contribution in [0.4, 0.5) is 0 Å². The molecule has 3 atom stereocenters. The van der Waals surface area contributed by atoms with Gasteiger partial charge in [-0.25, -0.2) is 0 Å². The van der Waals surface area contributed by atoms with E-state index >= 15 is 0 Å². The molecule has 0 heteroatoms. The van der Waals surface area contributed by atoms with E-state index < -0.39 is 0 Å². The minimum Gasteiger partial charge on any atom is -0.0651 e. The summed E-state index contributed by atoms with van der Waals surface area (Å²) in [6, 6.07) is 0. The molecule has 0 spiro atoms. The van der Waals surface area contributed by atoms with Crippen molar-refractivity contribution in [2.24, 2.45) is 45.8 Å². The second kappa shape index (κ2) is 16.6. The third kappa shape index (κ3) is 21.6. The fraction of sp³-hybridized carbons (Fsp3) is 1.00. The van der Waals surface area contributed by atoms with Crippen molar-refractivity contribution in [3.63, 3.8) is 0 Å². The lowest BCUT2D eigenvalue weighted by molar-refractivity contribution is 0.188. The third-order valence-corrected chi connectivity index (χ3v) is 7.98. The van der Waals surface area contributed by atoms with Gasteiger partial charge in [0.05, 0.1) is 0 Å². The summed E-state index contributed by atoms with van der Waals surface area (Å²) < 4.78 is 0. The maximum Gasteiger partial charge on any atom is -0.0357 e. The van der Waals surface area contributed by atoms with Crippen LogP contribution in [-0.2, 0) is 0 Å². The molecule has 0 saturated carbocycles. The molecule has 192 valence electrons. The molecule has 0 radical (unpaired) electrons. The van der Waals surface area contributed by atoms with E-state index in [0.717, 1.165) is 29.6 Å². The fourth-order valence-corrected chi connectivity index (χ4v) is 3.19. The Labute approximate surface area is 202 Å². The predicted molar refractivity (Wildman–Crippen MR) is 149 cm³/mol. The van der Waals surface area contributed by atoms with Crippen LogP contribution in [-0.4, -0.2) is 0 Å². The Morgan fingerprint density at radius 1 is 0.516 bits per heavy atom. The summed E-state index contributed by atoms with van der Waals surface area (Å²) in [4.78, 5) is 0. The lowest BCUT2D eigenvalue weighted by atomic mass is 9.74. The van der Waals surface area contributed by atoms with Gasteiger partial charge < -0.3 is 0 Å². The third-order valence-electron chi connectivity index (χ3n) is 7.98. The molecule has 0 aromatic rings. The van der Waals surface area contributed by atoms with Gasteiger partial charge in [0.25, 0.3) is 0 Å². The lowest BCUT2D eigenvalue weighted by Gasteiger charge is -2.32. The van der Waals surface area contributed by atoms with E-state index in [1.165, 1.54) is 38.5 Å². The zero-order valence-corrected chi connectivity index (χ0v) is 25.6. The maximum atomic E-state index is 2.39. The van der Waals surface area contributed by atoms with Crippen LogP contribution in [0.3, 0.4) is 0 Å². The first kappa shape index (κ1) is 35.6. The van der Waals surface area contributed by atoms with Crippen molar-refractivity contribution in [3.05, 3.63) is 0 Å². The van der Waals surface area contributed by atoms with Crippen LogP contribution in [0.25, 0.3) is 0 Å². The van der Waals surface area contributed by atoms with Crippen LogP contribution in [0.5, 0.6) is 0 Å². The topological polar surface area (TPSA) is 0 Å². The zero-order valence-electron chi connectivity index (χ0n) is 25.6. The van der Waals surface area contributed by atoms with Gasteiger partial charge in [-0.2, -0.15) is 0 Å². The number of rotatable bonds is 8. The predicted octanol–water partition coefficient (Wildman–Crippen LogP) is 11.7. The Bertz CT molecular complexity index is 378. The second-order valence-electron chi connectivity index (χ2n) is 14.0. The van der Waals surface area contributed by atoms with E-state index in [4.69, 9.17) is 0 Å². The first-order valence-corrected chi connectivity index (χ1v) is 13.8. The molecule has 0 N–H and O–H groups in total. The summed E-state index contributed by atoms with van der Waals surface area (Å²) in [5, 5.41) is 0. The molecule has 31 heavy (non-hydrogen) atoms. The zero-order chi connectivity index (χ0) is 25.6. The SMILES string of the molecule is CCC(C)(C)C.CCC(CC(C)C(C)(C)C)C(C)C.CCC(CC)CC(C)C(C)(C)C. The smallest absolute Gasteiger partial charge is 0.0357 e. The Morgan fingerprint density at radius 3 is 1.03 bits per heavy atom. The molecule has 0 heterocycles. The molecule has 0 aromatic carbocycles. The monoisotopic (exact) mass is 441 g/mol. The average molecular weight is 441 g/mol. The Morgan fingerprint density at radius 2 is 0.839 bits per heavy atom. The van der Waals surface area contributed by atoms with Crippen molar-refractivity contribution >= 4 is 0 Å². The van der Waals surface area contributed by atoms with E-state index in [1.54, 1.807) is 0 Å². The Kier molecular flexibility index (Phi) is 19.0. The maximum absolute atomic E-state index is 2.39. The molecule has 0 aliphatic carbocycles. The number of hydrogen-bond acceptors (Lipinski definition) is 0. The highest BCUT2D eigenvalue weighted by molar-refractivity contribution is 4.74.